The molecule has 0 aliphatic carbocycles. The zero-order valence-corrected chi connectivity index (χ0v) is 33.7. The van der Waals surface area contributed by atoms with Crippen LogP contribution in [0, 0.1) is 13.8 Å². The van der Waals surface area contributed by atoms with Gasteiger partial charge in [0.2, 0.25) is 5.91 Å². The maximum atomic E-state index is 13.6. The molecule has 56 heavy (non-hydrogen) atoms. The van der Waals surface area contributed by atoms with Gasteiger partial charge in [-0.3, -0.25) is 14.6 Å². The molecule has 1 amide bonds. The van der Waals surface area contributed by atoms with Gasteiger partial charge in [0, 0.05) is 57.1 Å². The molecule has 298 valence electrons. The molecule has 3 aromatic rings. The third-order valence-electron chi connectivity index (χ3n) is 11.1. The molecule has 3 aromatic heterocycles. The highest BCUT2D eigenvalue weighted by Crippen LogP contribution is 2.44. The van der Waals surface area contributed by atoms with E-state index in [9.17, 15) is 19.2 Å². The predicted molar refractivity (Wildman–Crippen MR) is 217 cm³/mol. The number of carbonyl (C=O) groups excluding carboxylic acids is 4. The van der Waals surface area contributed by atoms with Crippen LogP contribution in [-0.2, 0) is 46.2 Å². The lowest BCUT2D eigenvalue weighted by atomic mass is 9.84. The van der Waals surface area contributed by atoms with Crippen LogP contribution in [0.15, 0.2) is 24.8 Å². The number of aromatic nitrogens is 4. The minimum absolute atomic E-state index is 0.0445. The molecule has 13 heteroatoms. The second kappa shape index (κ2) is 17.9. The van der Waals surface area contributed by atoms with Crippen molar-refractivity contribution in [3.05, 3.63) is 75.4 Å². The van der Waals surface area contributed by atoms with Gasteiger partial charge in [0.15, 0.2) is 0 Å². The van der Waals surface area contributed by atoms with Crippen LogP contribution in [0.5, 0.6) is 0 Å². The van der Waals surface area contributed by atoms with Crippen molar-refractivity contribution in [3.8, 4) is 0 Å². The predicted octanol–water partition coefficient (Wildman–Crippen LogP) is 6.41. The highest BCUT2D eigenvalue weighted by atomic mass is 16.5. The number of aromatic amines is 2. The number of allylic oxidation sites excluding steroid dienone is 1. The van der Waals surface area contributed by atoms with Gasteiger partial charge in [0.25, 0.3) is 0 Å². The van der Waals surface area contributed by atoms with E-state index in [1.54, 1.807) is 0 Å². The largest absolute Gasteiger partial charge is 0.469 e. The van der Waals surface area contributed by atoms with Crippen LogP contribution in [-0.4, -0.2) is 77.7 Å². The van der Waals surface area contributed by atoms with Crippen LogP contribution < -0.4 is 11.1 Å². The summed E-state index contributed by atoms with van der Waals surface area (Å²) in [5, 5.41) is 2.85. The Labute approximate surface area is 327 Å². The zero-order chi connectivity index (χ0) is 40.8. The molecule has 8 bridgehead atoms. The van der Waals surface area contributed by atoms with E-state index in [0.717, 1.165) is 50.7 Å². The van der Waals surface area contributed by atoms with Crippen molar-refractivity contribution in [2.24, 2.45) is 5.73 Å². The van der Waals surface area contributed by atoms with Crippen LogP contribution in [0.1, 0.15) is 115 Å². The molecule has 13 nitrogen and oxygen atoms in total. The van der Waals surface area contributed by atoms with E-state index < -0.39 is 29.9 Å². The maximum absolute atomic E-state index is 13.6. The van der Waals surface area contributed by atoms with Crippen LogP contribution in [0.25, 0.3) is 39.3 Å². The summed E-state index contributed by atoms with van der Waals surface area (Å²) in [6.45, 7) is 14.6. The fourth-order valence-corrected chi connectivity index (χ4v) is 7.84. The smallest absolute Gasteiger partial charge is 0.340 e. The fourth-order valence-electron chi connectivity index (χ4n) is 7.84. The lowest BCUT2D eigenvalue weighted by Gasteiger charge is -2.20. The molecule has 0 radical (unpaired) electrons. The van der Waals surface area contributed by atoms with Crippen LogP contribution in [0.4, 0.5) is 0 Å². The normalized spacial score (nSPS) is 15.7. The molecule has 3 atom stereocenters. The van der Waals surface area contributed by atoms with Gasteiger partial charge in [-0.15, -0.1) is 0 Å². The maximum Gasteiger partial charge on any atom is 0.340 e. The highest BCUT2D eigenvalue weighted by Gasteiger charge is 2.36. The topological polar surface area (TPSA) is 191 Å². The number of carbonyl (C=O) groups is 4. The van der Waals surface area contributed by atoms with Gasteiger partial charge in [-0.25, -0.2) is 14.6 Å². The van der Waals surface area contributed by atoms with Gasteiger partial charge in [0.05, 0.1) is 50.4 Å². The average molecular weight is 767 g/mol. The summed E-state index contributed by atoms with van der Waals surface area (Å²) in [4.78, 5) is 70.4. The van der Waals surface area contributed by atoms with Crippen molar-refractivity contribution < 1.29 is 33.4 Å². The fraction of sp³-hybridized carbons (Fsp3) is 0.442. The van der Waals surface area contributed by atoms with Crippen LogP contribution >= 0.6 is 0 Å². The summed E-state index contributed by atoms with van der Waals surface area (Å²) in [7, 11) is 3.90. The number of esters is 3. The summed E-state index contributed by atoms with van der Waals surface area (Å²) < 4.78 is 15.5. The number of nitrogens with one attached hydrogen (secondary N) is 3. The molecule has 2 aliphatic rings. The van der Waals surface area contributed by atoms with Gasteiger partial charge in [-0.05, 0) is 99.9 Å². The Morgan fingerprint density at radius 1 is 0.929 bits per heavy atom. The van der Waals surface area contributed by atoms with Gasteiger partial charge < -0.3 is 35.2 Å². The first-order valence-electron chi connectivity index (χ1n) is 19.1. The lowest BCUT2D eigenvalue weighted by Crippen LogP contribution is -2.41. The first-order valence-corrected chi connectivity index (χ1v) is 19.1. The Balaban J connectivity index is 1.81. The molecule has 0 unspecified atom stereocenters. The van der Waals surface area contributed by atoms with E-state index >= 15 is 0 Å². The molecule has 0 saturated heterocycles. The number of nitrogens with two attached hydrogens (primary N) is 1. The highest BCUT2D eigenvalue weighted by molar-refractivity contribution is 6.25. The van der Waals surface area contributed by atoms with Crippen molar-refractivity contribution in [1.29, 1.82) is 0 Å². The molecule has 5 heterocycles. The van der Waals surface area contributed by atoms with Crippen molar-refractivity contribution in [3.63, 3.8) is 0 Å². The quantitative estimate of drug-likeness (QED) is 0.0810. The van der Waals surface area contributed by atoms with Gasteiger partial charge >= 0.3 is 17.9 Å². The van der Waals surface area contributed by atoms with Gasteiger partial charge in [-0.1, -0.05) is 26.5 Å². The third kappa shape index (κ3) is 8.32. The molecule has 0 spiro atoms. The van der Waals surface area contributed by atoms with E-state index in [1.807, 2.05) is 39.0 Å². The molecule has 2 aliphatic heterocycles. The van der Waals surface area contributed by atoms with E-state index in [1.165, 1.54) is 21.3 Å². The summed E-state index contributed by atoms with van der Waals surface area (Å²) in [6.07, 6.45) is 4.44. The Kier molecular flexibility index (Phi) is 13.3. The monoisotopic (exact) mass is 766 g/mol. The number of ether oxygens (including phenoxy) is 3. The number of nitrogens with zero attached hydrogens (tertiary/aromatic N) is 2. The third-order valence-corrected chi connectivity index (χ3v) is 11.1. The number of H-pyrrole nitrogens is 2. The van der Waals surface area contributed by atoms with E-state index in [0.29, 0.717) is 60.4 Å². The molecular formula is C43H54N6O7. The number of methoxy groups -OCH3 is 3. The van der Waals surface area contributed by atoms with E-state index in [2.05, 4.69) is 41.8 Å². The zero-order valence-electron chi connectivity index (χ0n) is 33.7. The SMILES string of the molecule is C=Cc1c(C)c2cc3nc(c(CC(=O)OC)c4nc(cc5[nH]c(cc1[nH]2)c(C)c5CC)C(C)=C4C(=O)OC)[C@@H](CCC(=O)N[C@@H](CCCCN)C(=O)OC)[C@@H]3C. The first-order chi connectivity index (χ1) is 26.8. The summed E-state index contributed by atoms with van der Waals surface area (Å²) >= 11 is 0. The van der Waals surface area contributed by atoms with Crippen molar-refractivity contribution >= 4 is 63.1 Å². The minimum atomic E-state index is -0.810. The van der Waals surface area contributed by atoms with E-state index in [4.69, 9.17) is 29.9 Å². The minimum Gasteiger partial charge on any atom is -0.469 e. The standard InChI is InChI=1S/C43H54N6O7/c1-10-26-22(3)31-19-33-24(5)28(15-16-37(50)47-30(42(52)55-8)14-12-13-17-44)40(48-33)29(18-38(51)54-7)41-39(43(53)56-9)25(6)34(49-41)21-36-27(11-2)23(4)32(46-36)20-35(26)45-31/h10,19-21,24,28,30,45-46H,1,11-18,44H2,2-9H3,(H,47,50)/t24-,28-,30-/m0/s1. The van der Waals surface area contributed by atoms with Crippen molar-refractivity contribution in [2.45, 2.75) is 97.4 Å². The molecule has 0 aromatic carbocycles. The van der Waals surface area contributed by atoms with E-state index in [-0.39, 0.29) is 35.9 Å². The number of hydrogen-bond acceptors (Lipinski definition) is 10. The summed E-state index contributed by atoms with van der Waals surface area (Å²) in [6, 6.07) is 5.18. The summed E-state index contributed by atoms with van der Waals surface area (Å²) in [5.41, 5.74) is 16.5. The Morgan fingerprint density at radius 2 is 1.64 bits per heavy atom. The van der Waals surface area contributed by atoms with Gasteiger partial charge in [0.1, 0.15) is 6.04 Å². The van der Waals surface area contributed by atoms with Crippen LogP contribution in [0.2, 0.25) is 0 Å². The molecule has 5 rings (SSSR count). The number of amides is 1. The van der Waals surface area contributed by atoms with Crippen molar-refractivity contribution in [1.82, 2.24) is 25.3 Å². The first kappa shape index (κ1) is 41.6. The molecule has 5 N–H and O–H groups in total. The molecule has 0 saturated carbocycles. The Morgan fingerprint density at radius 3 is 2.29 bits per heavy atom. The number of fused-ring (bicyclic) bond motifs is 8. The number of unbranched alkanes of at least 4 members (excludes halogenated alkanes) is 1. The number of aryl methyl sites for hydroxylation is 3. The van der Waals surface area contributed by atoms with Gasteiger partial charge in [-0.2, -0.15) is 0 Å². The number of hydrogen-bond donors (Lipinski definition) is 4. The second-order valence-electron chi connectivity index (χ2n) is 14.4. The Hall–Kier alpha value is -5.56. The van der Waals surface area contributed by atoms with Crippen LogP contribution in [0.3, 0.4) is 0 Å². The summed E-state index contributed by atoms with van der Waals surface area (Å²) in [5.74, 6) is -2.65. The number of rotatable bonds is 14. The molecule has 0 fully saturated rings. The lowest BCUT2D eigenvalue weighted by molar-refractivity contribution is -0.145. The van der Waals surface area contributed by atoms with Crippen molar-refractivity contribution in [2.75, 3.05) is 27.9 Å². The second-order valence-corrected chi connectivity index (χ2v) is 14.4. The average Bonchev–Trinajstić information content (AvgIpc) is 3.87. The Bertz CT molecular complexity index is 2250. The molecular weight excluding hydrogens is 713 g/mol.